The molecule has 1 N–H and O–H groups in total. The monoisotopic (exact) mass is 447 g/mol. The number of hydrogen-bond acceptors (Lipinski definition) is 3. The van der Waals surface area contributed by atoms with E-state index in [-0.39, 0.29) is 0 Å². The van der Waals surface area contributed by atoms with Gasteiger partial charge in [-0.2, -0.15) is 0 Å². The van der Waals surface area contributed by atoms with Crippen molar-refractivity contribution in [3.05, 3.63) is 101 Å². The predicted molar refractivity (Wildman–Crippen MR) is 123 cm³/mol. The van der Waals surface area contributed by atoms with E-state index in [1.807, 2.05) is 30.3 Å². The smallest absolute Gasteiger partial charge is 0.134 e. The van der Waals surface area contributed by atoms with Gasteiger partial charge in [0.15, 0.2) is 0 Å². The standard InChI is InChI=1S/C25H22BrNO2/c1-28-22-12-10-21(11-13-22)27-16-18-9-14-25(24(26)15-18)29-17-20-7-4-6-19-5-2-3-8-23(19)20/h2-15,27H,16-17H2,1H3. The third-order valence-corrected chi connectivity index (χ3v) is 5.47. The largest absolute Gasteiger partial charge is 0.497 e. The quantitative estimate of drug-likeness (QED) is 0.337. The second-order valence-corrected chi connectivity index (χ2v) is 7.63. The van der Waals surface area contributed by atoms with Crippen molar-refractivity contribution in [1.82, 2.24) is 0 Å². The van der Waals surface area contributed by atoms with E-state index in [4.69, 9.17) is 9.47 Å². The topological polar surface area (TPSA) is 30.5 Å². The molecule has 0 aliphatic rings. The molecule has 0 atom stereocenters. The van der Waals surface area contributed by atoms with Crippen molar-refractivity contribution in [3.63, 3.8) is 0 Å². The van der Waals surface area contributed by atoms with Gasteiger partial charge in [-0.05, 0) is 74.2 Å². The van der Waals surface area contributed by atoms with Gasteiger partial charge in [-0.3, -0.25) is 0 Å². The zero-order chi connectivity index (χ0) is 20.1. The van der Waals surface area contributed by atoms with Crippen molar-refractivity contribution in [1.29, 1.82) is 0 Å². The van der Waals surface area contributed by atoms with Crippen molar-refractivity contribution < 1.29 is 9.47 Å². The average Bonchev–Trinajstić information content (AvgIpc) is 2.77. The molecule has 0 radical (unpaired) electrons. The van der Waals surface area contributed by atoms with Crippen molar-refractivity contribution >= 4 is 32.4 Å². The average molecular weight is 448 g/mol. The van der Waals surface area contributed by atoms with E-state index in [0.29, 0.717) is 6.61 Å². The van der Waals surface area contributed by atoms with Crippen LogP contribution in [0.5, 0.6) is 11.5 Å². The van der Waals surface area contributed by atoms with Gasteiger partial charge in [0.1, 0.15) is 18.1 Å². The Morgan fingerprint density at radius 2 is 1.66 bits per heavy atom. The normalized spacial score (nSPS) is 10.7. The molecule has 4 aromatic rings. The van der Waals surface area contributed by atoms with E-state index in [1.165, 1.54) is 21.9 Å². The summed E-state index contributed by atoms with van der Waals surface area (Å²) in [7, 11) is 1.67. The summed E-state index contributed by atoms with van der Waals surface area (Å²) in [5.41, 5.74) is 3.41. The molecule has 0 aliphatic heterocycles. The van der Waals surface area contributed by atoms with Gasteiger partial charge in [-0.15, -0.1) is 0 Å². The van der Waals surface area contributed by atoms with E-state index in [9.17, 15) is 0 Å². The number of methoxy groups -OCH3 is 1. The molecule has 4 rings (SSSR count). The molecule has 0 amide bonds. The first kappa shape index (κ1) is 19.3. The van der Waals surface area contributed by atoms with Gasteiger partial charge in [0.05, 0.1) is 11.6 Å². The Morgan fingerprint density at radius 1 is 0.862 bits per heavy atom. The van der Waals surface area contributed by atoms with Crippen LogP contribution in [0.25, 0.3) is 10.8 Å². The Labute approximate surface area is 179 Å². The highest BCUT2D eigenvalue weighted by atomic mass is 79.9. The minimum absolute atomic E-state index is 0.531. The summed E-state index contributed by atoms with van der Waals surface area (Å²) in [6, 6.07) is 28.8. The minimum Gasteiger partial charge on any atom is -0.497 e. The molecule has 0 spiro atoms. The van der Waals surface area contributed by atoms with Crippen molar-refractivity contribution in [2.75, 3.05) is 12.4 Å². The Kier molecular flexibility index (Phi) is 6.01. The first-order valence-corrected chi connectivity index (χ1v) is 10.3. The molecule has 0 aromatic heterocycles. The number of rotatable bonds is 7. The second kappa shape index (κ2) is 9.01. The Morgan fingerprint density at radius 3 is 2.45 bits per heavy atom. The highest BCUT2D eigenvalue weighted by molar-refractivity contribution is 9.10. The number of nitrogens with one attached hydrogen (secondary N) is 1. The number of halogens is 1. The summed E-state index contributed by atoms with van der Waals surface area (Å²) < 4.78 is 12.2. The van der Waals surface area contributed by atoms with E-state index >= 15 is 0 Å². The molecular formula is C25H22BrNO2. The van der Waals surface area contributed by atoms with Crippen LogP contribution in [0.4, 0.5) is 5.69 Å². The van der Waals surface area contributed by atoms with Gasteiger partial charge in [0.2, 0.25) is 0 Å². The molecule has 29 heavy (non-hydrogen) atoms. The Balaban J connectivity index is 1.40. The molecule has 0 saturated heterocycles. The molecule has 0 fully saturated rings. The lowest BCUT2D eigenvalue weighted by atomic mass is 10.1. The number of hydrogen-bond donors (Lipinski definition) is 1. The lowest BCUT2D eigenvalue weighted by Gasteiger charge is -2.12. The maximum atomic E-state index is 6.09. The summed E-state index contributed by atoms with van der Waals surface area (Å²) in [5, 5.41) is 5.88. The first-order valence-electron chi connectivity index (χ1n) is 9.49. The van der Waals surface area contributed by atoms with Crippen LogP contribution in [-0.2, 0) is 13.2 Å². The lowest BCUT2D eigenvalue weighted by molar-refractivity contribution is 0.305. The molecule has 0 heterocycles. The maximum Gasteiger partial charge on any atom is 0.134 e. The zero-order valence-corrected chi connectivity index (χ0v) is 17.8. The Bertz CT molecular complexity index is 1100. The summed E-state index contributed by atoms with van der Waals surface area (Å²) in [6.45, 7) is 1.26. The molecule has 4 aromatic carbocycles. The van der Waals surface area contributed by atoms with Crippen LogP contribution in [0.2, 0.25) is 0 Å². The third-order valence-electron chi connectivity index (χ3n) is 4.85. The van der Waals surface area contributed by atoms with Gasteiger partial charge in [-0.1, -0.05) is 48.5 Å². The summed E-state index contributed by atoms with van der Waals surface area (Å²) in [6.07, 6.45) is 0. The number of fused-ring (bicyclic) bond motifs is 1. The van der Waals surface area contributed by atoms with Crippen molar-refractivity contribution in [2.45, 2.75) is 13.2 Å². The molecule has 4 heteroatoms. The molecule has 0 bridgehead atoms. The number of anilines is 1. The first-order chi connectivity index (χ1) is 14.2. The van der Waals surface area contributed by atoms with Crippen LogP contribution >= 0.6 is 15.9 Å². The SMILES string of the molecule is COc1ccc(NCc2ccc(OCc3cccc4ccccc34)c(Br)c2)cc1. The van der Waals surface area contributed by atoms with E-state index in [0.717, 1.165) is 28.2 Å². The molecule has 0 aliphatic carbocycles. The van der Waals surface area contributed by atoms with Crippen molar-refractivity contribution in [2.24, 2.45) is 0 Å². The fourth-order valence-corrected chi connectivity index (χ4v) is 3.80. The molecule has 3 nitrogen and oxygen atoms in total. The Hall–Kier alpha value is -2.98. The van der Waals surface area contributed by atoms with Crippen LogP contribution in [0.15, 0.2) is 89.4 Å². The summed E-state index contributed by atoms with van der Waals surface area (Å²) in [4.78, 5) is 0. The van der Waals surface area contributed by atoms with Gasteiger partial charge < -0.3 is 14.8 Å². The number of benzene rings is 4. The van der Waals surface area contributed by atoms with Crippen LogP contribution in [-0.4, -0.2) is 7.11 Å². The van der Waals surface area contributed by atoms with Gasteiger partial charge >= 0.3 is 0 Å². The third kappa shape index (κ3) is 4.72. The highest BCUT2D eigenvalue weighted by Gasteiger charge is 2.06. The molecule has 0 saturated carbocycles. The van der Waals surface area contributed by atoms with Crippen LogP contribution in [0.3, 0.4) is 0 Å². The van der Waals surface area contributed by atoms with Gasteiger partial charge in [-0.25, -0.2) is 0 Å². The van der Waals surface area contributed by atoms with E-state index < -0.39 is 0 Å². The maximum absolute atomic E-state index is 6.09. The minimum atomic E-state index is 0.531. The zero-order valence-electron chi connectivity index (χ0n) is 16.2. The van der Waals surface area contributed by atoms with Gasteiger partial charge in [0, 0.05) is 12.2 Å². The number of ether oxygens (including phenoxy) is 2. The van der Waals surface area contributed by atoms with Crippen LogP contribution in [0, 0.1) is 0 Å². The highest BCUT2D eigenvalue weighted by Crippen LogP contribution is 2.28. The lowest BCUT2D eigenvalue weighted by Crippen LogP contribution is -2.01. The van der Waals surface area contributed by atoms with Crippen molar-refractivity contribution in [3.8, 4) is 11.5 Å². The fourth-order valence-electron chi connectivity index (χ4n) is 3.26. The van der Waals surface area contributed by atoms with E-state index in [1.54, 1.807) is 7.11 Å². The van der Waals surface area contributed by atoms with Crippen LogP contribution in [0.1, 0.15) is 11.1 Å². The van der Waals surface area contributed by atoms with E-state index in [2.05, 4.69) is 75.8 Å². The second-order valence-electron chi connectivity index (χ2n) is 6.77. The predicted octanol–water partition coefficient (Wildman–Crippen LogP) is 6.80. The molecular weight excluding hydrogens is 426 g/mol. The van der Waals surface area contributed by atoms with Gasteiger partial charge in [0.25, 0.3) is 0 Å². The van der Waals surface area contributed by atoms with Crippen LogP contribution < -0.4 is 14.8 Å². The molecule has 0 unspecified atom stereocenters. The summed E-state index contributed by atoms with van der Waals surface area (Å²) >= 11 is 3.65. The molecule has 146 valence electrons. The summed E-state index contributed by atoms with van der Waals surface area (Å²) in [5.74, 6) is 1.69. The fraction of sp³-hybridized carbons (Fsp3) is 0.120.